The molecule has 0 aliphatic heterocycles. The maximum absolute atomic E-state index is 14.0. The van der Waals surface area contributed by atoms with Gasteiger partial charge in [-0.3, -0.25) is 19.2 Å². The van der Waals surface area contributed by atoms with Gasteiger partial charge < -0.3 is 9.47 Å². The molecule has 2 atom stereocenters. The van der Waals surface area contributed by atoms with Crippen LogP contribution in [0.25, 0.3) is 0 Å². The van der Waals surface area contributed by atoms with E-state index < -0.39 is 35.0 Å². The van der Waals surface area contributed by atoms with Crippen LogP contribution >= 0.6 is 0 Å². The predicted molar refractivity (Wildman–Crippen MR) is 157 cm³/mol. The Morgan fingerprint density at radius 2 is 0.854 bits per heavy atom. The number of Topliss-reactive ketones (excluding diaryl/α,β-unsaturated/α-hetero) is 4. The van der Waals surface area contributed by atoms with Crippen LogP contribution in [0.3, 0.4) is 0 Å². The smallest absolute Gasteiger partial charge is 0.173 e. The van der Waals surface area contributed by atoms with Crippen LogP contribution in [0.5, 0.6) is 11.5 Å². The van der Waals surface area contributed by atoms with E-state index in [2.05, 4.69) is 0 Å². The van der Waals surface area contributed by atoms with Crippen LogP contribution in [0, 0.1) is 25.7 Å². The van der Waals surface area contributed by atoms with Crippen LogP contribution in [-0.2, 0) is 0 Å². The topological polar surface area (TPSA) is 86.7 Å². The van der Waals surface area contributed by atoms with E-state index in [9.17, 15) is 19.2 Å². The van der Waals surface area contributed by atoms with E-state index in [1.807, 2.05) is 12.1 Å². The largest absolute Gasteiger partial charge is 0.497 e. The maximum Gasteiger partial charge on any atom is 0.173 e. The SMILES string of the molecule is COc1ccc(C(=O)C(CC(C(=O)c2ccc(OC)cc2)C(=O)c2ccccc2C)C(=O)c2ccccc2C)cc1. The van der Waals surface area contributed by atoms with Gasteiger partial charge in [0.25, 0.3) is 0 Å². The fourth-order valence-corrected chi connectivity index (χ4v) is 4.89. The first-order valence-corrected chi connectivity index (χ1v) is 13.3. The quantitative estimate of drug-likeness (QED) is 0.143. The summed E-state index contributed by atoms with van der Waals surface area (Å²) in [7, 11) is 3.04. The Bertz CT molecular complexity index is 1450. The Morgan fingerprint density at radius 1 is 0.512 bits per heavy atom. The minimum absolute atomic E-state index is 0.282. The summed E-state index contributed by atoms with van der Waals surface area (Å²) in [4.78, 5) is 56.0. The minimum atomic E-state index is -1.27. The second-order valence-electron chi connectivity index (χ2n) is 9.88. The highest BCUT2D eigenvalue weighted by Gasteiger charge is 2.38. The van der Waals surface area contributed by atoms with Crippen LogP contribution in [0.4, 0.5) is 0 Å². The lowest BCUT2D eigenvalue weighted by Gasteiger charge is -2.22. The first-order chi connectivity index (χ1) is 19.7. The number of rotatable bonds is 12. The molecule has 0 spiro atoms. The van der Waals surface area contributed by atoms with Crippen molar-refractivity contribution >= 4 is 23.1 Å². The molecule has 0 aliphatic rings. The number of carbonyl (C=O) groups excluding carboxylic acids is 4. The highest BCUT2D eigenvalue weighted by Crippen LogP contribution is 2.30. The molecule has 0 bridgehead atoms. The standard InChI is InChI=1S/C35H32O6/c1-22-9-5-7-11-28(22)34(38)30(32(36)24-13-17-26(40-3)18-14-24)21-31(35(39)29-12-8-6-10-23(29)2)33(37)25-15-19-27(41-4)20-16-25/h5-20,30-31H,21H2,1-4H3. The zero-order valence-corrected chi connectivity index (χ0v) is 23.5. The molecule has 0 radical (unpaired) electrons. The van der Waals surface area contributed by atoms with Gasteiger partial charge in [0.2, 0.25) is 0 Å². The van der Waals surface area contributed by atoms with Crippen molar-refractivity contribution in [3.63, 3.8) is 0 Å². The second kappa shape index (κ2) is 13.0. The molecule has 41 heavy (non-hydrogen) atoms. The summed E-state index contributed by atoms with van der Waals surface area (Å²) >= 11 is 0. The molecular weight excluding hydrogens is 516 g/mol. The molecular formula is C35H32O6. The molecule has 0 saturated heterocycles. The zero-order valence-electron chi connectivity index (χ0n) is 23.5. The molecule has 2 unspecified atom stereocenters. The number of hydrogen-bond donors (Lipinski definition) is 0. The first kappa shape index (κ1) is 29.2. The number of benzene rings is 4. The Kier molecular flexibility index (Phi) is 9.25. The Labute approximate surface area is 239 Å². The second-order valence-corrected chi connectivity index (χ2v) is 9.88. The highest BCUT2D eigenvalue weighted by molar-refractivity contribution is 6.20. The molecule has 6 heteroatoms. The summed E-state index contributed by atoms with van der Waals surface area (Å²) in [6, 6.07) is 26.9. The van der Waals surface area contributed by atoms with Gasteiger partial charge in [-0.25, -0.2) is 0 Å². The summed E-state index contributed by atoms with van der Waals surface area (Å²) in [5.74, 6) is -3.23. The van der Waals surface area contributed by atoms with Crippen molar-refractivity contribution in [2.75, 3.05) is 14.2 Å². The fourth-order valence-electron chi connectivity index (χ4n) is 4.89. The third-order valence-corrected chi connectivity index (χ3v) is 7.31. The number of ketones is 4. The van der Waals surface area contributed by atoms with E-state index in [0.29, 0.717) is 33.8 Å². The number of hydrogen-bond acceptors (Lipinski definition) is 6. The molecule has 0 aromatic heterocycles. The van der Waals surface area contributed by atoms with Crippen molar-refractivity contribution in [1.29, 1.82) is 0 Å². The zero-order chi connectivity index (χ0) is 29.5. The summed E-state index contributed by atoms with van der Waals surface area (Å²) < 4.78 is 10.4. The predicted octanol–water partition coefficient (Wildman–Crippen LogP) is 6.77. The van der Waals surface area contributed by atoms with Gasteiger partial charge in [0.1, 0.15) is 11.5 Å². The summed E-state index contributed by atoms with van der Waals surface area (Å²) in [6.45, 7) is 3.58. The van der Waals surface area contributed by atoms with Crippen molar-refractivity contribution in [3.05, 3.63) is 130 Å². The van der Waals surface area contributed by atoms with Gasteiger partial charge in [-0.2, -0.15) is 0 Å². The minimum Gasteiger partial charge on any atom is -0.497 e. The molecule has 208 valence electrons. The molecule has 6 nitrogen and oxygen atoms in total. The Balaban J connectivity index is 1.82. The summed E-state index contributed by atoms with van der Waals surface area (Å²) in [5, 5.41) is 0. The van der Waals surface area contributed by atoms with E-state index in [-0.39, 0.29) is 17.5 Å². The fraction of sp³-hybridized carbons (Fsp3) is 0.200. The number of methoxy groups -OCH3 is 2. The molecule has 0 fully saturated rings. The lowest BCUT2D eigenvalue weighted by molar-refractivity contribution is 0.0728. The summed E-state index contributed by atoms with van der Waals surface area (Å²) in [5.41, 5.74) is 2.73. The molecule has 4 aromatic rings. The van der Waals surface area contributed by atoms with Crippen LogP contribution in [0.15, 0.2) is 97.1 Å². The van der Waals surface area contributed by atoms with Crippen molar-refractivity contribution in [1.82, 2.24) is 0 Å². The molecule has 0 heterocycles. The number of carbonyl (C=O) groups is 4. The van der Waals surface area contributed by atoms with Crippen molar-refractivity contribution in [2.45, 2.75) is 20.3 Å². The van der Waals surface area contributed by atoms with E-state index in [1.165, 1.54) is 14.2 Å². The number of ether oxygens (including phenoxy) is 2. The van der Waals surface area contributed by atoms with E-state index in [1.54, 1.807) is 98.8 Å². The number of aryl methyl sites for hydroxylation is 2. The third kappa shape index (κ3) is 6.49. The van der Waals surface area contributed by atoms with Gasteiger partial charge in [0, 0.05) is 22.3 Å². The van der Waals surface area contributed by atoms with E-state index in [0.717, 1.165) is 0 Å². The average molecular weight is 549 g/mol. The molecule has 0 amide bonds. The first-order valence-electron chi connectivity index (χ1n) is 13.3. The Morgan fingerprint density at radius 3 is 1.17 bits per heavy atom. The van der Waals surface area contributed by atoms with Gasteiger partial charge >= 0.3 is 0 Å². The van der Waals surface area contributed by atoms with Crippen LogP contribution in [0.2, 0.25) is 0 Å². The van der Waals surface area contributed by atoms with Crippen molar-refractivity contribution < 1.29 is 28.7 Å². The molecule has 4 rings (SSSR count). The molecule has 0 saturated carbocycles. The lowest BCUT2D eigenvalue weighted by atomic mass is 9.77. The Hall–Kier alpha value is -4.84. The monoisotopic (exact) mass is 548 g/mol. The molecule has 0 N–H and O–H groups in total. The van der Waals surface area contributed by atoms with E-state index >= 15 is 0 Å². The van der Waals surface area contributed by atoms with Gasteiger partial charge in [-0.15, -0.1) is 0 Å². The van der Waals surface area contributed by atoms with Crippen LogP contribution in [-0.4, -0.2) is 37.4 Å². The van der Waals surface area contributed by atoms with Gasteiger partial charge in [-0.05, 0) is 79.9 Å². The van der Waals surface area contributed by atoms with Gasteiger partial charge in [-0.1, -0.05) is 48.5 Å². The van der Waals surface area contributed by atoms with Crippen LogP contribution < -0.4 is 9.47 Å². The normalized spacial score (nSPS) is 12.2. The third-order valence-electron chi connectivity index (χ3n) is 7.31. The van der Waals surface area contributed by atoms with E-state index in [4.69, 9.17) is 9.47 Å². The average Bonchev–Trinajstić information content (AvgIpc) is 3.01. The van der Waals surface area contributed by atoms with Crippen molar-refractivity contribution in [3.8, 4) is 11.5 Å². The summed E-state index contributed by atoms with van der Waals surface area (Å²) in [6.07, 6.45) is -0.282. The maximum atomic E-state index is 14.0. The highest BCUT2D eigenvalue weighted by atomic mass is 16.5. The molecule has 4 aromatic carbocycles. The van der Waals surface area contributed by atoms with Gasteiger partial charge in [0.15, 0.2) is 23.1 Å². The van der Waals surface area contributed by atoms with Crippen LogP contribution in [0.1, 0.15) is 59.0 Å². The molecule has 0 aliphatic carbocycles. The van der Waals surface area contributed by atoms with Gasteiger partial charge in [0.05, 0.1) is 26.1 Å². The lowest BCUT2D eigenvalue weighted by Crippen LogP contribution is -2.34. The van der Waals surface area contributed by atoms with Crippen molar-refractivity contribution in [2.24, 2.45) is 11.8 Å².